The molecule has 0 aliphatic carbocycles. The average Bonchev–Trinajstić information content (AvgIpc) is 3.15. The molecule has 2 atom stereocenters. The summed E-state index contributed by atoms with van der Waals surface area (Å²) in [6, 6.07) is 7.61. The molecule has 8 heteroatoms. The highest BCUT2D eigenvalue weighted by atomic mass is 16.7. The number of fused-ring (bicyclic) bond motifs is 1. The topological polar surface area (TPSA) is 100 Å². The van der Waals surface area contributed by atoms with Gasteiger partial charge in [-0.15, -0.1) is 0 Å². The van der Waals surface area contributed by atoms with Crippen molar-refractivity contribution in [1.29, 1.82) is 0 Å². The molecule has 38 heavy (non-hydrogen) atoms. The van der Waals surface area contributed by atoms with Crippen LogP contribution in [-0.2, 0) is 27.2 Å². The molecule has 0 aromatic heterocycles. The van der Waals surface area contributed by atoms with E-state index in [1.807, 2.05) is 52.0 Å². The molecule has 0 bridgehead atoms. The van der Waals surface area contributed by atoms with Gasteiger partial charge in [0.05, 0.1) is 5.92 Å². The van der Waals surface area contributed by atoms with Gasteiger partial charge < -0.3 is 18.9 Å². The molecule has 2 amide bonds. The van der Waals surface area contributed by atoms with Crippen LogP contribution in [0.25, 0.3) is 0 Å². The van der Waals surface area contributed by atoms with Crippen LogP contribution in [0.2, 0.25) is 0 Å². The highest BCUT2D eigenvalue weighted by molar-refractivity contribution is 6.03. The van der Waals surface area contributed by atoms with Gasteiger partial charge >= 0.3 is 6.16 Å². The quantitative estimate of drug-likeness (QED) is 0.312. The summed E-state index contributed by atoms with van der Waals surface area (Å²) in [4.78, 5) is 35.6. The Kier molecular flexibility index (Phi) is 7.46. The van der Waals surface area contributed by atoms with Crippen molar-refractivity contribution in [2.24, 2.45) is 5.92 Å². The first-order chi connectivity index (χ1) is 17.7. The van der Waals surface area contributed by atoms with Crippen molar-refractivity contribution in [3.8, 4) is 17.2 Å². The summed E-state index contributed by atoms with van der Waals surface area (Å²) in [5, 5.41) is 2.35. The van der Waals surface area contributed by atoms with Crippen molar-refractivity contribution in [1.82, 2.24) is 5.32 Å². The average molecular weight is 524 g/mol. The van der Waals surface area contributed by atoms with Gasteiger partial charge in [-0.25, -0.2) is 4.79 Å². The second-order valence-electron chi connectivity index (χ2n) is 11.6. The SMILES string of the molecule is Cc1c(C)c2c(c(C)c1OC(=O)OC(C)(C)C)CCC(C)(COc1ccc(CC3CC(=O)NC3=O)cc1)O2. The lowest BCUT2D eigenvalue weighted by Gasteiger charge is -2.37. The van der Waals surface area contributed by atoms with E-state index in [1.165, 1.54) is 0 Å². The number of imide groups is 1. The molecule has 2 aromatic rings. The van der Waals surface area contributed by atoms with Gasteiger partial charge in [0, 0.05) is 12.0 Å². The molecule has 1 saturated heterocycles. The zero-order chi connectivity index (χ0) is 27.8. The number of amides is 2. The van der Waals surface area contributed by atoms with E-state index in [4.69, 9.17) is 18.9 Å². The fourth-order valence-corrected chi connectivity index (χ4v) is 4.90. The van der Waals surface area contributed by atoms with E-state index < -0.39 is 17.4 Å². The maximum absolute atomic E-state index is 12.3. The van der Waals surface area contributed by atoms with Gasteiger partial charge in [0.1, 0.15) is 35.1 Å². The number of rotatable bonds is 6. The number of carbonyl (C=O) groups is 3. The van der Waals surface area contributed by atoms with E-state index in [0.29, 0.717) is 24.5 Å². The summed E-state index contributed by atoms with van der Waals surface area (Å²) < 4.78 is 23.6. The summed E-state index contributed by atoms with van der Waals surface area (Å²) in [7, 11) is 0. The van der Waals surface area contributed by atoms with E-state index in [1.54, 1.807) is 20.8 Å². The second-order valence-corrected chi connectivity index (χ2v) is 11.6. The van der Waals surface area contributed by atoms with E-state index in [-0.39, 0.29) is 24.2 Å². The number of benzene rings is 2. The number of hydrogen-bond acceptors (Lipinski definition) is 7. The van der Waals surface area contributed by atoms with E-state index in [2.05, 4.69) is 5.32 Å². The zero-order valence-corrected chi connectivity index (χ0v) is 23.3. The Bertz CT molecular complexity index is 1260. The molecule has 0 saturated carbocycles. The minimum absolute atomic E-state index is 0.206. The Morgan fingerprint density at radius 1 is 1.08 bits per heavy atom. The zero-order valence-electron chi connectivity index (χ0n) is 23.3. The Hall–Kier alpha value is -3.55. The maximum Gasteiger partial charge on any atom is 0.514 e. The molecule has 0 radical (unpaired) electrons. The van der Waals surface area contributed by atoms with Crippen LogP contribution in [-0.4, -0.2) is 35.8 Å². The first-order valence-electron chi connectivity index (χ1n) is 13.0. The van der Waals surface area contributed by atoms with E-state index in [0.717, 1.165) is 46.4 Å². The third-order valence-electron chi connectivity index (χ3n) is 7.15. The van der Waals surface area contributed by atoms with Crippen LogP contribution in [0.3, 0.4) is 0 Å². The summed E-state index contributed by atoms with van der Waals surface area (Å²) >= 11 is 0. The van der Waals surface area contributed by atoms with Gasteiger partial charge in [-0.2, -0.15) is 0 Å². The summed E-state index contributed by atoms with van der Waals surface area (Å²) in [6.45, 7) is 13.6. The van der Waals surface area contributed by atoms with Crippen molar-refractivity contribution in [2.45, 2.75) is 85.4 Å². The molecule has 8 nitrogen and oxygen atoms in total. The second kappa shape index (κ2) is 10.3. The third kappa shape index (κ3) is 6.11. The van der Waals surface area contributed by atoms with Crippen molar-refractivity contribution in [2.75, 3.05) is 6.61 Å². The molecule has 1 N–H and O–H groups in total. The lowest BCUT2D eigenvalue weighted by molar-refractivity contribution is -0.125. The lowest BCUT2D eigenvalue weighted by atomic mass is 9.87. The van der Waals surface area contributed by atoms with Crippen LogP contribution in [0.15, 0.2) is 24.3 Å². The van der Waals surface area contributed by atoms with Crippen LogP contribution in [0.1, 0.15) is 68.4 Å². The molecule has 0 spiro atoms. The molecular weight excluding hydrogens is 486 g/mol. The van der Waals surface area contributed by atoms with Crippen LogP contribution < -0.4 is 19.5 Å². The van der Waals surface area contributed by atoms with E-state index in [9.17, 15) is 14.4 Å². The van der Waals surface area contributed by atoms with Crippen LogP contribution in [0.5, 0.6) is 17.2 Å². The number of hydrogen-bond donors (Lipinski definition) is 1. The fourth-order valence-electron chi connectivity index (χ4n) is 4.90. The Morgan fingerprint density at radius 3 is 2.37 bits per heavy atom. The monoisotopic (exact) mass is 523 g/mol. The third-order valence-corrected chi connectivity index (χ3v) is 7.15. The van der Waals surface area contributed by atoms with Crippen molar-refractivity contribution in [3.63, 3.8) is 0 Å². The van der Waals surface area contributed by atoms with Gasteiger partial charge in [0.15, 0.2) is 0 Å². The normalized spacial score (nSPS) is 20.9. The van der Waals surface area contributed by atoms with Crippen LogP contribution >= 0.6 is 0 Å². The maximum atomic E-state index is 12.3. The summed E-state index contributed by atoms with van der Waals surface area (Å²) in [5.41, 5.74) is 3.48. The van der Waals surface area contributed by atoms with Crippen molar-refractivity contribution < 1.29 is 33.3 Å². The molecular formula is C30H37NO7. The minimum Gasteiger partial charge on any atom is -0.489 e. The predicted molar refractivity (Wildman–Crippen MR) is 142 cm³/mol. The standard InChI is InChI=1S/C30H37NO7/c1-17-18(2)26-23(19(3)25(17)36-28(34)38-29(4,5)6)12-13-30(7,37-26)16-35-22-10-8-20(9-11-22)14-21-15-24(32)31-27(21)33/h8-11,21H,12-16H2,1-7H3,(H,31,32,33). The molecule has 204 valence electrons. The molecule has 2 aliphatic heterocycles. The first kappa shape index (κ1) is 27.5. The van der Waals surface area contributed by atoms with Crippen molar-refractivity contribution in [3.05, 3.63) is 52.1 Å². The Labute approximate surface area is 224 Å². The highest BCUT2D eigenvalue weighted by Gasteiger charge is 2.36. The predicted octanol–water partition coefficient (Wildman–Crippen LogP) is 5.29. The van der Waals surface area contributed by atoms with Gasteiger partial charge in [-0.3, -0.25) is 14.9 Å². The first-order valence-corrected chi connectivity index (χ1v) is 13.0. The van der Waals surface area contributed by atoms with Gasteiger partial charge in [0.25, 0.3) is 0 Å². The molecule has 1 fully saturated rings. The number of nitrogens with one attached hydrogen (secondary N) is 1. The fraction of sp³-hybridized carbons (Fsp3) is 0.500. The number of carbonyl (C=O) groups excluding carboxylic acids is 3. The van der Waals surface area contributed by atoms with Gasteiger partial charge in [-0.1, -0.05) is 12.1 Å². The summed E-state index contributed by atoms with van der Waals surface area (Å²) in [5.74, 6) is 1.32. The molecule has 2 aliphatic rings. The molecule has 2 aromatic carbocycles. The molecule has 2 unspecified atom stereocenters. The van der Waals surface area contributed by atoms with Crippen LogP contribution in [0.4, 0.5) is 4.79 Å². The van der Waals surface area contributed by atoms with E-state index >= 15 is 0 Å². The van der Waals surface area contributed by atoms with Crippen LogP contribution in [0, 0.1) is 26.7 Å². The highest BCUT2D eigenvalue weighted by Crippen LogP contribution is 2.44. The Balaban J connectivity index is 1.42. The Morgan fingerprint density at radius 2 is 1.76 bits per heavy atom. The van der Waals surface area contributed by atoms with Gasteiger partial charge in [-0.05, 0) is 102 Å². The smallest absolute Gasteiger partial charge is 0.489 e. The lowest BCUT2D eigenvalue weighted by Crippen LogP contribution is -2.42. The minimum atomic E-state index is -0.718. The number of ether oxygens (including phenoxy) is 4. The van der Waals surface area contributed by atoms with Gasteiger partial charge in [0.2, 0.25) is 11.8 Å². The largest absolute Gasteiger partial charge is 0.514 e. The summed E-state index contributed by atoms with van der Waals surface area (Å²) in [6.07, 6.45) is 1.53. The molecule has 2 heterocycles. The van der Waals surface area contributed by atoms with Crippen molar-refractivity contribution >= 4 is 18.0 Å². The molecule has 4 rings (SSSR count).